The third kappa shape index (κ3) is 2.44. The highest BCUT2D eigenvalue weighted by Gasteiger charge is 2.13. The number of rotatable bonds is 3. The molecule has 1 aromatic carbocycles. The zero-order valence-corrected chi connectivity index (χ0v) is 10.3. The zero-order valence-electron chi connectivity index (χ0n) is 10.3. The standard InChI is InChI=1S/C14H10FN3O2/c15-9-3-1-4-10(7-9)16-14(19)12-8-11(17-18-12)13-5-2-6-20-13/h1-8H,(H,16,19)(H,17,18). The lowest BCUT2D eigenvalue weighted by Crippen LogP contribution is -2.12. The van der Waals surface area contributed by atoms with Crippen LogP contribution in [0.25, 0.3) is 11.5 Å². The van der Waals surface area contributed by atoms with E-state index in [0.29, 0.717) is 17.1 Å². The summed E-state index contributed by atoms with van der Waals surface area (Å²) in [5.41, 5.74) is 1.16. The molecule has 0 fully saturated rings. The first kappa shape index (κ1) is 12.2. The van der Waals surface area contributed by atoms with Crippen molar-refractivity contribution >= 4 is 11.6 Å². The number of amides is 1. The van der Waals surface area contributed by atoms with Gasteiger partial charge in [0.05, 0.1) is 6.26 Å². The molecule has 6 heteroatoms. The van der Waals surface area contributed by atoms with E-state index < -0.39 is 11.7 Å². The Morgan fingerprint density at radius 2 is 2.15 bits per heavy atom. The third-order valence-corrected chi connectivity index (χ3v) is 2.68. The Labute approximate surface area is 113 Å². The number of anilines is 1. The summed E-state index contributed by atoms with van der Waals surface area (Å²) in [4.78, 5) is 12.0. The van der Waals surface area contributed by atoms with Gasteiger partial charge in [0, 0.05) is 11.8 Å². The summed E-state index contributed by atoms with van der Waals surface area (Å²) in [7, 11) is 0. The van der Waals surface area contributed by atoms with Crippen molar-refractivity contribution in [2.75, 3.05) is 5.32 Å². The van der Waals surface area contributed by atoms with Gasteiger partial charge in [-0.05, 0) is 30.3 Å². The first-order chi connectivity index (χ1) is 9.72. The van der Waals surface area contributed by atoms with Crippen LogP contribution >= 0.6 is 0 Å². The number of halogens is 1. The van der Waals surface area contributed by atoms with Crippen molar-refractivity contribution in [1.82, 2.24) is 10.2 Å². The average molecular weight is 271 g/mol. The topological polar surface area (TPSA) is 70.9 Å². The van der Waals surface area contributed by atoms with Crippen molar-refractivity contribution in [3.8, 4) is 11.5 Å². The van der Waals surface area contributed by atoms with Gasteiger partial charge in [-0.3, -0.25) is 9.89 Å². The van der Waals surface area contributed by atoms with E-state index in [1.165, 1.54) is 24.5 Å². The second-order valence-corrected chi connectivity index (χ2v) is 4.11. The van der Waals surface area contributed by atoms with Crippen LogP contribution in [0.3, 0.4) is 0 Å². The van der Waals surface area contributed by atoms with Gasteiger partial charge >= 0.3 is 0 Å². The Hall–Kier alpha value is -2.89. The molecule has 0 saturated carbocycles. The fourth-order valence-corrected chi connectivity index (χ4v) is 1.76. The van der Waals surface area contributed by atoms with E-state index in [9.17, 15) is 9.18 Å². The predicted octanol–water partition coefficient (Wildman–Crippen LogP) is 3.06. The molecule has 0 aliphatic heterocycles. The zero-order chi connectivity index (χ0) is 13.9. The predicted molar refractivity (Wildman–Crippen MR) is 70.6 cm³/mol. The van der Waals surface area contributed by atoms with Crippen molar-refractivity contribution in [3.63, 3.8) is 0 Å². The molecule has 0 radical (unpaired) electrons. The summed E-state index contributed by atoms with van der Waals surface area (Å²) in [6, 6.07) is 10.7. The average Bonchev–Trinajstić information content (AvgIpc) is 3.10. The van der Waals surface area contributed by atoms with Crippen LogP contribution in [0, 0.1) is 5.82 Å². The number of H-pyrrole nitrogens is 1. The summed E-state index contributed by atoms with van der Waals surface area (Å²) >= 11 is 0. The molecule has 0 saturated heterocycles. The van der Waals surface area contributed by atoms with Crippen LogP contribution in [-0.4, -0.2) is 16.1 Å². The number of aromatic nitrogens is 2. The molecule has 0 aliphatic rings. The lowest BCUT2D eigenvalue weighted by molar-refractivity contribution is 0.102. The van der Waals surface area contributed by atoms with Gasteiger partial charge in [-0.1, -0.05) is 6.07 Å². The summed E-state index contributed by atoms with van der Waals surface area (Å²) in [5.74, 6) is -0.256. The highest BCUT2D eigenvalue weighted by Crippen LogP contribution is 2.18. The van der Waals surface area contributed by atoms with Crippen LogP contribution in [0.15, 0.2) is 53.1 Å². The molecule has 5 nitrogen and oxygen atoms in total. The van der Waals surface area contributed by atoms with Gasteiger partial charge < -0.3 is 9.73 Å². The SMILES string of the molecule is O=C(Nc1cccc(F)c1)c1cc(-c2ccco2)[nH]n1. The largest absolute Gasteiger partial charge is 0.463 e. The van der Waals surface area contributed by atoms with Crippen molar-refractivity contribution in [1.29, 1.82) is 0 Å². The lowest BCUT2D eigenvalue weighted by atomic mass is 10.2. The minimum atomic E-state index is -0.426. The fraction of sp³-hybridized carbons (Fsp3) is 0. The van der Waals surface area contributed by atoms with E-state index in [2.05, 4.69) is 15.5 Å². The molecule has 0 atom stereocenters. The van der Waals surface area contributed by atoms with Crippen LogP contribution in [0.4, 0.5) is 10.1 Å². The summed E-state index contributed by atoms with van der Waals surface area (Å²) in [6.07, 6.45) is 1.53. The van der Waals surface area contributed by atoms with Gasteiger partial charge in [-0.25, -0.2) is 4.39 Å². The van der Waals surface area contributed by atoms with Crippen LogP contribution in [0.5, 0.6) is 0 Å². The maximum absolute atomic E-state index is 13.0. The second-order valence-electron chi connectivity index (χ2n) is 4.11. The number of hydrogen-bond acceptors (Lipinski definition) is 3. The Kier molecular flexibility index (Phi) is 3.04. The highest BCUT2D eigenvalue weighted by atomic mass is 19.1. The van der Waals surface area contributed by atoms with Crippen molar-refractivity contribution in [3.05, 3.63) is 60.2 Å². The van der Waals surface area contributed by atoms with Crippen molar-refractivity contribution in [2.24, 2.45) is 0 Å². The van der Waals surface area contributed by atoms with E-state index in [4.69, 9.17) is 4.42 Å². The number of nitrogens with one attached hydrogen (secondary N) is 2. The Morgan fingerprint density at radius 1 is 1.25 bits per heavy atom. The Bertz CT molecular complexity index is 734. The van der Waals surface area contributed by atoms with E-state index >= 15 is 0 Å². The number of hydrogen-bond donors (Lipinski definition) is 2. The molecule has 0 unspecified atom stereocenters. The van der Waals surface area contributed by atoms with E-state index in [1.807, 2.05) is 0 Å². The van der Waals surface area contributed by atoms with Crippen molar-refractivity contribution in [2.45, 2.75) is 0 Å². The van der Waals surface area contributed by atoms with Gasteiger partial charge in [0.15, 0.2) is 11.5 Å². The molecule has 2 N–H and O–H groups in total. The summed E-state index contributed by atoms with van der Waals surface area (Å²) in [5, 5.41) is 9.17. The van der Waals surface area contributed by atoms with Gasteiger partial charge in [0.2, 0.25) is 0 Å². The molecule has 20 heavy (non-hydrogen) atoms. The number of nitrogens with zero attached hydrogens (tertiary/aromatic N) is 1. The first-order valence-corrected chi connectivity index (χ1v) is 5.88. The van der Waals surface area contributed by atoms with Crippen LogP contribution in [-0.2, 0) is 0 Å². The molecule has 0 spiro atoms. The molecule has 2 aromatic heterocycles. The smallest absolute Gasteiger partial charge is 0.276 e. The molecule has 2 heterocycles. The number of furan rings is 1. The fourth-order valence-electron chi connectivity index (χ4n) is 1.76. The second kappa shape index (κ2) is 5.00. The number of carbonyl (C=O) groups is 1. The highest BCUT2D eigenvalue weighted by molar-refractivity contribution is 6.03. The molecule has 1 amide bonds. The maximum atomic E-state index is 13.0. The molecule has 3 aromatic rings. The number of aromatic amines is 1. The molecular formula is C14H10FN3O2. The van der Waals surface area contributed by atoms with Crippen molar-refractivity contribution < 1.29 is 13.6 Å². The van der Waals surface area contributed by atoms with E-state index in [0.717, 1.165) is 0 Å². The summed E-state index contributed by atoms with van der Waals surface area (Å²) < 4.78 is 18.2. The van der Waals surface area contributed by atoms with Crippen LogP contribution < -0.4 is 5.32 Å². The Morgan fingerprint density at radius 3 is 2.90 bits per heavy atom. The van der Waals surface area contributed by atoms with Gasteiger partial charge in [-0.15, -0.1) is 0 Å². The quantitative estimate of drug-likeness (QED) is 0.769. The van der Waals surface area contributed by atoms with Gasteiger partial charge in [0.1, 0.15) is 11.5 Å². The van der Waals surface area contributed by atoms with E-state index in [1.54, 1.807) is 24.3 Å². The minimum Gasteiger partial charge on any atom is -0.463 e. The third-order valence-electron chi connectivity index (χ3n) is 2.68. The lowest BCUT2D eigenvalue weighted by Gasteiger charge is -2.02. The normalized spacial score (nSPS) is 10.4. The molecule has 0 aliphatic carbocycles. The van der Waals surface area contributed by atoms with Crippen LogP contribution in [0.2, 0.25) is 0 Å². The molecular weight excluding hydrogens is 261 g/mol. The Balaban J connectivity index is 1.78. The first-order valence-electron chi connectivity index (χ1n) is 5.88. The van der Waals surface area contributed by atoms with Gasteiger partial charge in [0.25, 0.3) is 5.91 Å². The summed E-state index contributed by atoms with van der Waals surface area (Å²) in [6.45, 7) is 0. The molecule has 0 bridgehead atoms. The van der Waals surface area contributed by atoms with Gasteiger partial charge in [-0.2, -0.15) is 5.10 Å². The number of carbonyl (C=O) groups excluding carboxylic acids is 1. The number of benzene rings is 1. The molecule has 3 rings (SSSR count). The van der Waals surface area contributed by atoms with Crippen LogP contribution in [0.1, 0.15) is 10.5 Å². The minimum absolute atomic E-state index is 0.195. The van der Waals surface area contributed by atoms with E-state index in [-0.39, 0.29) is 5.69 Å². The maximum Gasteiger partial charge on any atom is 0.276 e. The monoisotopic (exact) mass is 271 g/mol. The molecule has 100 valence electrons.